The predicted octanol–water partition coefficient (Wildman–Crippen LogP) is 1.40. The summed E-state index contributed by atoms with van der Waals surface area (Å²) in [7, 11) is 0. The standard InChI is InChI=1S/C10H15IN2O3S/c11-4-5-12-8(14)3-1-2-6-13-9(15)7-17-10(13)16/h1-7H2,(H,12,14). The van der Waals surface area contributed by atoms with Gasteiger partial charge in [-0.3, -0.25) is 19.3 Å². The number of thioether (sulfide) groups is 1. The number of rotatable bonds is 7. The van der Waals surface area contributed by atoms with Gasteiger partial charge in [0.15, 0.2) is 0 Å². The van der Waals surface area contributed by atoms with Crippen LogP contribution in [0.1, 0.15) is 19.3 Å². The van der Waals surface area contributed by atoms with Gasteiger partial charge in [0.1, 0.15) is 0 Å². The van der Waals surface area contributed by atoms with Gasteiger partial charge in [-0.2, -0.15) is 0 Å². The van der Waals surface area contributed by atoms with Gasteiger partial charge >= 0.3 is 0 Å². The van der Waals surface area contributed by atoms with Gasteiger partial charge in [-0.15, -0.1) is 0 Å². The quantitative estimate of drug-likeness (QED) is 0.418. The van der Waals surface area contributed by atoms with Crippen molar-refractivity contribution in [2.45, 2.75) is 19.3 Å². The highest BCUT2D eigenvalue weighted by atomic mass is 127. The molecule has 1 aliphatic heterocycles. The molecule has 0 radical (unpaired) electrons. The van der Waals surface area contributed by atoms with Crippen LogP contribution in [0.25, 0.3) is 0 Å². The van der Waals surface area contributed by atoms with E-state index in [1.807, 2.05) is 0 Å². The Morgan fingerprint density at radius 3 is 2.76 bits per heavy atom. The van der Waals surface area contributed by atoms with E-state index in [0.717, 1.165) is 16.2 Å². The minimum absolute atomic E-state index is 0.0371. The average molecular weight is 370 g/mol. The number of imide groups is 1. The number of alkyl halides is 1. The Bertz CT molecular complexity index is 296. The molecule has 1 heterocycles. The van der Waals surface area contributed by atoms with Crippen LogP contribution < -0.4 is 5.32 Å². The molecule has 1 fully saturated rings. The SMILES string of the molecule is O=C(CCCCN1C(=O)CSC1=O)NCCI. The van der Waals surface area contributed by atoms with E-state index in [1.165, 1.54) is 4.90 Å². The molecule has 0 aliphatic carbocycles. The summed E-state index contributed by atoms with van der Waals surface area (Å²) in [4.78, 5) is 35.0. The molecule has 1 aliphatic rings. The van der Waals surface area contributed by atoms with Crippen LogP contribution in [0, 0.1) is 0 Å². The summed E-state index contributed by atoms with van der Waals surface area (Å²) < 4.78 is 0.900. The fraction of sp³-hybridized carbons (Fsp3) is 0.700. The molecule has 0 unspecified atom stereocenters. The summed E-state index contributed by atoms with van der Waals surface area (Å²) in [6.07, 6.45) is 1.85. The van der Waals surface area contributed by atoms with E-state index >= 15 is 0 Å². The van der Waals surface area contributed by atoms with Gasteiger partial charge in [0.25, 0.3) is 5.24 Å². The molecule has 1 N–H and O–H groups in total. The number of hydrogen-bond acceptors (Lipinski definition) is 4. The fourth-order valence-electron chi connectivity index (χ4n) is 1.43. The van der Waals surface area contributed by atoms with Crippen molar-refractivity contribution in [3.63, 3.8) is 0 Å². The first-order valence-corrected chi connectivity index (χ1v) is 7.96. The van der Waals surface area contributed by atoms with E-state index in [-0.39, 0.29) is 22.8 Å². The highest BCUT2D eigenvalue weighted by Crippen LogP contribution is 2.19. The van der Waals surface area contributed by atoms with Crippen LogP contribution in [0.2, 0.25) is 0 Å². The van der Waals surface area contributed by atoms with E-state index < -0.39 is 0 Å². The van der Waals surface area contributed by atoms with E-state index in [4.69, 9.17) is 0 Å². The Hall–Kier alpha value is -0.310. The van der Waals surface area contributed by atoms with Crippen LogP contribution in [-0.4, -0.2) is 45.2 Å². The highest BCUT2D eigenvalue weighted by molar-refractivity contribution is 14.1. The topological polar surface area (TPSA) is 66.5 Å². The zero-order chi connectivity index (χ0) is 12.7. The first-order valence-electron chi connectivity index (χ1n) is 5.45. The van der Waals surface area contributed by atoms with Crippen LogP contribution in [0.4, 0.5) is 4.79 Å². The third-order valence-electron chi connectivity index (χ3n) is 2.29. The van der Waals surface area contributed by atoms with Crippen molar-refractivity contribution in [3.05, 3.63) is 0 Å². The number of amides is 3. The van der Waals surface area contributed by atoms with Crippen LogP contribution in [0.5, 0.6) is 0 Å². The molecule has 1 saturated heterocycles. The van der Waals surface area contributed by atoms with E-state index in [1.54, 1.807) is 0 Å². The van der Waals surface area contributed by atoms with E-state index in [2.05, 4.69) is 27.9 Å². The number of nitrogens with one attached hydrogen (secondary N) is 1. The molecule has 0 aromatic carbocycles. The minimum atomic E-state index is -0.163. The molecular formula is C10H15IN2O3S. The lowest BCUT2D eigenvalue weighted by Crippen LogP contribution is -2.30. The number of unbranched alkanes of at least 4 members (excludes halogenated alkanes) is 1. The molecule has 7 heteroatoms. The van der Waals surface area contributed by atoms with Gasteiger partial charge in [-0.1, -0.05) is 34.4 Å². The van der Waals surface area contributed by atoms with Gasteiger partial charge in [-0.05, 0) is 12.8 Å². The van der Waals surface area contributed by atoms with Crippen LogP contribution in [0.3, 0.4) is 0 Å². The summed E-state index contributed by atoms with van der Waals surface area (Å²) in [5.41, 5.74) is 0. The fourth-order valence-corrected chi connectivity index (χ4v) is 2.45. The zero-order valence-corrected chi connectivity index (χ0v) is 12.4. The monoisotopic (exact) mass is 370 g/mol. The van der Waals surface area contributed by atoms with Crippen molar-refractivity contribution in [1.29, 1.82) is 0 Å². The van der Waals surface area contributed by atoms with Crippen molar-refractivity contribution in [2.75, 3.05) is 23.3 Å². The lowest BCUT2D eigenvalue weighted by molar-refractivity contribution is -0.124. The van der Waals surface area contributed by atoms with Gasteiger partial charge in [-0.25, -0.2) is 0 Å². The van der Waals surface area contributed by atoms with Crippen LogP contribution in [-0.2, 0) is 9.59 Å². The number of nitrogens with zero attached hydrogens (tertiary/aromatic N) is 1. The molecule has 0 saturated carbocycles. The minimum Gasteiger partial charge on any atom is -0.355 e. The van der Waals surface area contributed by atoms with Crippen molar-refractivity contribution < 1.29 is 14.4 Å². The van der Waals surface area contributed by atoms with Gasteiger partial charge < -0.3 is 5.32 Å². The van der Waals surface area contributed by atoms with Crippen LogP contribution >= 0.6 is 34.4 Å². The second-order valence-corrected chi connectivity index (χ2v) is 5.60. The molecule has 0 bridgehead atoms. The molecule has 5 nitrogen and oxygen atoms in total. The van der Waals surface area contributed by atoms with E-state index in [9.17, 15) is 14.4 Å². The third kappa shape index (κ3) is 5.24. The first kappa shape index (κ1) is 14.7. The maximum absolute atomic E-state index is 11.3. The Labute approximate surface area is 118 Å². The number of carbonyl (C=O) groups is 3. The summed E-state index contributed by atoms with van der Waals surface area (Å²) in [5, 5.41) is 2.62. The molecule has 0 aromatic heterocycles. The summed E-state index contributed by atoms with van der Waals surface area (Å²) in [6.45, 7) is 1.13. The number of halogens is 1. The van der Waals surface area contributed by atoms with Gasteiger partial charge in [0.2, 0.25) is 11.8 Å². The molecule has 0 aromatic rings. The number of hydrogen-bond donors (Lipinski definition) is 1. The van der Waals surface area contributed by atoms with Crippen LogP contribution in [0.15, 0.2) is 0 Å². The smallest absolute Gasteiger partial charge is 0.288 e. The molecule has 0 atom stereocenters. The maximum Gasteiger partial charge on any atom is 0.288 e. The zero-order valence-electron chi connectivity index (χ0n) is 9.41. The molecule has 0 spiro atoms. The molecule has 17 heavy (non-hydrogen) atoms. The molecule has 3 amide bonds. The van der Waals surface area contributed by atoms with Crippen molar-refractivity contribution in [2.24, 2.45) is 0 Å². The summed E-state index contributed by atoms with van der Waals surface area (Å²) in [5.74, 6) is 0.180. The third-order valence-corrected chi connectivity index (χ3v) is 3.69. The predicted molar refractivity (Wildman–Crippen MR) is 75.3 cm³/mol. The average Bonchev–Trinajstić information content (AvgIpc) is 2.62. The lowest BCUT2D eigenvalue weighted by atomic mass is 10.2. The number of carbonyl (C=O) groups excluding carboxylic acids is 3. The Kier molecular flexibility index (Phi) is 6.86. The van der Waals surface area contributed by atoms with Gasteiger partial charge in [0.05, 0.1) is 5.75 Å². The molecular weight excluding hydrogens is 355 g/mol. The Morgan fingerprint density at radius 2 is 2.18 bits per heavy atom. The summed E-state index contributed by atoms with van der Waals surface area (Å²) >= 11 is 3.24. The van der Waals surface area contributed by atoms with Gasteiger partial charge in [0, 0.05) is 23.9 Å². The normalized spacial score (nSPS) is 15.5. The van der Waals surface area contributed by atoms with E-state index in [0.29, 0.717) is 32.4 Å². The molecule has 96 valence electrons. The van der Waals surface area contributed by atoms with Crippen molar-refractivity contribution in [3.8, 4) is 0 Å². The second-order valence-electron chi connectivity index (χ2n) is 3.60. The second kappa shape index (κ2) is 7.91. The maximum atomic E-state index is 11.3. The van der Waals surface area contributed by atoms with Crippen molar-refractivity contribution >= 4 is 51.4 Å². The van der Waals surface area contributed by atoms with Crippen molar-refractivity contribution in [1.82, 2.24) is 10.2 Å². The summed E-state index contributed by atoms with van der Waals surface area (Å²) in [6, 6.07) is 0. The Balaban J connectivity index is 2.09. The molecule has 1 rings (SSSR count). The first-order chi connectivity index (χ1) is 8.15. The Morgan fingerprint density at radius 1 is 1.41 bits per heavy atom. The lowest BCUT2D eigenvalue weighted by Gasteiger charge is -2.11. The highest BCUT2D eigenvalue weighted by Gasteiger charge is 2.28. The largest absolute Gasteiger partial charge is 0.355 e.